The molecule has 1 aliphatic rings. The highest BCUT2D eigenvalue weighted by molar-refractivity contribution is 6.42. The first-order valence-electron chi connectivity index (χ1n) is 10.2. The van der Waals surface area contributed by atoms with E-state index in [-0.39, 0.29) is 23.8 Å². The molecule has 33 heavy (non-hydrogen) atoms. The van der Waals surface area contributed by atoms with Crippen LogP contribution in [0.25, 0.3) is 0 Å². The zero-order chi connectivity index (χ0) is 23.5. The van der Waals surface area contributed by atoms with Crippen molar-refractivity contribution in [1.29, 1.82) is 5.26 Å². The minimum atomic E-state index is -0.642. The second-order valence-electron chi connectivity index (χ2n) is 7.84. The molecule has 1 unspecified atom stereocenters. The Morgan fingerprint density at radius 3 is 2.61 bits per heavy atom. The molecule has 3 heterocycles. The highest BCUT2D eigenvalue weighted by atomic mass is 35.5. The SMILES string of the molecule is C[C@H](Oc1ccc(C#N)cn1)C1CN(C(=O)c2ccc(F)nc2)C[C@@H]1c1ccc(Cl)c(Cl)c1. The summed E-state index contributed by atoms with van der Waals surface area (Å²) < 4.78 is 19.3. The van der Waals surface area contributed by atoms with E-state index in [4.69, 9.17) is 33.2 Å². The first-order chi connectivity index (χ1) is 15.9. The van der Waals surface area contributed by atoms with Gasteiger partial charge in [-0.2, -0.15) is 9.65 Å². The quantitative estimate of drug-likeness (QED) is 0.469. The van der Waals surface area contributed by atoms with Crippen molar-refractivity contribution in [2.24, 2.45) is 5.92 Å². The normalized spacial score (nSPS) is 18.6. The fourth-order valence-electron chi connectivity index (χ4n) is 4.05. The van der Waals surface area contributed by atoms with Crippen molar-refractivity contribution in [3.63, 3.8) is 0 Å². The first kappa shape index (κ1) is 23.0. The highest BCUT2D eigenvalue weighted by Crippen LogP contribution is 2.38. The van der Waals surface area contributed by atoms with Crippen molar-refractivity contribution in [2.45, 2.75) is 18.9 Å². The van der Waals surface area contributed by atoms with Crippen molar-refractivity contribution >= 4 is 29.1 Å². The van der Waals surface area contributed by atoms with Gasteiger partial charge < -0.3 is 9.64 Å². The van der Waals surface area contributed by atoms with E-state index in [0.29, 0.717) is 40.1 Å². The Hall–Kier alpha value is -3.21. The van der Waals surface area contributed by atoms with E-state index >= 15 is 0 Å². The lowest BCUT2D eigenvalue weighted by Gasteiger charge is -2.25. The maximum absolute atomic E-state index is 13.2. The number of rotatable bonds is 5. The van der Waals surface area contributed by atoms with Crippen LogP contribution in [0.1, 0.15) is 34.3 Å². The van der Waals surface area contributed by atoms with Gasteiger partial charge in [0.1, 0.15) is 12.2 Å². The molecule has 1 saturated heterocycles. The Labute approximate surface area is 200 Å². The van der Waals surface area contributed by atoms with Gasteiger partial charge >= 0.3 is 0 Å². The van der Waals surface area contributed by atoms with Gasteiger partial charge in [-0.15, -0.1) is 0 Å². The van der Waals surface area contributed by atoms with Crippen LogP contribution >= 0.6 is 23.2 Å². The zero-order valence-corrected chi connectivity index (χ0v) is 19.1. The van der Waals surface area contributed by atoms with Crippen LogP contribution in [0.5, 0.6) is 5.88 Å². The summed E-state index contributed by atoms with van der Waals surface area (Å²) in [6, 6.07) is 13.3. The number of nitrogens with zero attached hydrogens (tertiary/aromatic N) is 4. The topological polar surface area (TPSA) is 79.1 Å². The standard InChI is InChI=1S/C24H19Cl2FN4O2/c1-14(33-23-7-2-15(9-28)10-30-23)18-12-31(24(32)17-4-6-22(27)29-11-17)13-19(18)16-3-5-20(25)21(26)8-16/h2-8,10-11,14,18-19H,12-13H2,1H3/t14-,18?,19+/m0/s1. The molecule has 3 aromatic rings. The van der Waals surface area contributed by atoms with Gasteiger partial charge in [0, 0.05) is 43.4 Å². The molecule has 168 valence electrons. The summed E-state index contributed by atoms with van der Waals surface area (Å²) in [4.78, 5) is 22.6. The van der Waals surface area contributed by atoms with Crippen LogP contribution < -0.4 is 4.74 Å². The molecule has 1 aromatic carbocycles. The van der Waals surface area contributed by atoms with Crippen molar-refractivity contribution in [3.05, 3.63) is 87.5 Å². The third kappa shape index (κ3) is 5.08. The van der Waals surface area contributed by atoms with Crippen LogP contribution in [-0.2, 0) is 0 Å². The van der Waals surface area contributed by atoms with Crippen LogP contribution in [0.15, 0.2) is 54.9 Å². The number of aromatic nitrogens is 2. The summed E-state index contributed by atoms with van der Waals surface area (Å²) in [6.07, 6.45) is 2.37. The van der Waals surface area contributed by atoms with Crippen LogP contribution in [0, 0.1) is 23.2 Å². The van der Waals surface area contributed by atoms with E-state index in [1.807, 2.05) is 25.1 Å². The fraction of sp³-hybridized carbons (Fsp3) is 0.250. The molecular weight excluding hydrogens is 466 g/mol. The number of likely N-dealkylation sites (tertiary alicyclic amines) is 1. The summed E-state index contributed by atoms with van der Waals surface area (Å²) in [7, 11) is 0. The Balaban J connectivity index is 1.60. The number of nitriles is 1. The molecule has 0 spiro atoms. The Kier molecular flexibility index (Phi) is 6.77. The number of amides is 1. The van der Waals surface area contributed by atoms with E-state index in [9.17, 15) is 9.18 Å². The number of benzene rings is 1. The van der Waals surface area contributed by atoms with E-state index < -0.39 is 5.95 Å². The van der Waals surface area contributed by atoms with Crippen LogP contribution in [0.2, 0.25) is 10.0 Å². The van der Waals surface area contributed by atoms with Crippen molar-refractivity contribution in [2.75, 3.05) is 13.1 Å². The minimum Gasteiger partial charge on any atom is -0.474 e. The van der Waals surface area contributed by atoms with Crippen molar-refractivity contribution in [1.82, 2.24) is 14.9 Å². The van der Waals surface area contributed by atoms with Crippen LogP contribution in [0.3, 0.4) is 0 Å². The summed E-state index contributed by atoms with van der Waals surface area (Å²) in [6.45, 7) is 2.76. The molecule has 0 saturated carbocycles. The molecule has 2 aromatic heterocycles. The predicted octanol–water partition coefficient (Wildman–Crippen LogP) is 5.12. The monoisotopic (exact) mass is 484 g/mol. The number of hydrogen-bond acceptors (Lipinski definition) is 5. The fourth-order valence-corrected chi connectivity index (χ4v) is 4.35. The maximum Gasteiger partial charge on any atom is 0.255 e. The highest BCUT2D eigenvalue weighted by Gasteiger charge is 2.40. The molecule has 1 aliphatic heterocycles. The molecule has 9 heteroatoms. The number of hydrogen-bond donors (Lipinski definition) is 0. The average Bonchev–Trinajstić information content (AvgIpc) is 3.27. The molecule has 3 atom stereocenters. The van der Waals surface area contributed by atoms with E-state index in [1.54, 1.807) is 23.1 Å². The molecular formula is C24H19Cl2FN4O2. The van der Waals surface area contributed by atoms with Gasteiger partial charge in [-0.05, 0) is 42.8 Å². The van der Waals surface area contributed by atoms with Crippen LogP contribution in [-0.4, -0.2) is 40.0 Å². The number of halogens is 3. The minimum absolute atomic E-state index is 0.0782. The second-order valence-corrected chi connectivity index (χ2v) is 8.66. The lowest BCUT2D eigenvalue weighted by Crippen LogP contribution is -2.32. The van der Waals surface area contributed by atoms with Crippen LogP contribution in [0.4, 0.5) is 4.39 Å². The number of carbonyl (C=O) groups excluding carboxylic acids is 1. The molecule has 0 aliphatic carbocycles. The lowest BCUT2D eigenvalue weighted by molar-refractivity contribution is 0.0769. The molecule has 4 rings (SSSR count). The van der Waals surface area contributed by atoms with Gasteiger partial charge in [-0.1, -0.05) is 29.3 Å². The Morgan fingerprint density at radius 1 is 1.15 bits per heavy atom. The summed E-state index contributed by atoms with van der Waals surface area (Å²) in [5, 5.41) is 9.85. The number of ether oxygens (including phenoxy) is 1. The smallest absolute Gasteiger partial charge is 0.255 e. The summed E-state index contributed by atoms with van der Waals surface area (Å²) in [5.41, 5.74) is 1.69. The maximum atomic E-state index is 13.2. The molecule has 0 N–H and O–H groups in total. The second kappa shape index (κ2) is 9.74. The van der Waals surface area contributed by atoms with Crippen molar-refractivity contribution in [3.8, 4) is 11.9 Å². The van der Waals surface area contributed by atoms with E-state index in [1.165, 1.54) is 24.5 Å². The largest absolute Gasteiger partial charge is 0.474 e. The number of pyridine rings is 2. The van der Waals surface area contributed by atoms with E-state index in [0.717, 1.165) is 5.56 Å². The molecule has 6 nitrogen and oxygen atoms in total. The van der Waals surface area contributed by atoms with E-state index in [2.05, 4.69) is 9.97 Å². The van der Waals surface area contributed by atoms with Gasteiger partial charge in [0.05, 0.1) is 21.2 Å². The summed E-state index contributed by atoms with van der Waals surface area (Å²) in [5.74, 6) is -0.653. The van der Waals surface area contributed by atoms with Gasteiger partial charge in [0.25, 0.3) is 5.91 Å². The summed E-state index contributed by atoms with van der Waals surface area (Å²) >= 11 is 12.4. The van der Waals surface area contributed by atoms with Crippen molar-refractivity contribution < 1.29 is 13.9 Å². The third-order valence-corrected chi connectivity index (χ3v) is 6.51. The van der Waals surface area contributed by atoms with Gasteiger partial charge in [-0.3, -0.25) is 4.79 Å². The molecule has 1 fully saturated rings. The zero-order valence-electron chi connectivity index (χ0n) is 17.6. The predicted molar refractivity (Wildman–Crippen MR) is 122 cm³/mol. The average molecular weight is 485 g/mol. The van der Waals surface area contributed by atoms with Gasteiger partial charge in [-0.25, -0.2) is 9.97 Å². The molecule has 1 amide bonds. The first-order valence-corrected chi connectivity index (χ1v) is 11.0. The lowest BCUT2D eigenvalue weighted by atomic mass is 9.86. The molecule has 0 radical (unpaired) electrons. The Morgan fingerprint density at radius 2 is 1.97 bits per heavy atom. The molecule has 0 bridgehead atoms. The third-order valence-electron chi connectivity index (χ3n) is 5.77. The van der Waals surface area contributed by atoms with Gasteiger partial charge in [0.15, 0.2) is 0 Å². The van der Waals surface area contributed by atoms with Gasteiger partial charge in [0.2, 0.25) is 11.8 Å². The Bertz CT molecular complexity index is 1200. The number of carbonyl (C=O) groups is 1.